The van der Waals surface area contributed by atoms with E-state index in [2.05, 4.69) is 4.74 Å². The number of hydrogen-bond acceptors (Lipinski definition) is 10. The fourth-order valence-corrected chi connectivity index (χ4v) is 4.46. The Morgan fingerprint density at radius 1 is 1.09 bits per heavy atom. The maximum absolute atomic E-state index is 13.2. The molecule has 0 saturated heterocycles. The lowest BCUT2D eigenvalue weighted by Crippen LogP contribution is -2.47. The molecule has 0 saturated carbocycles. The van der Waals surface area contributed by atoms with E-state index >= 15 is 0 Å². The van der Waals surface area contributed by atoms with Crippen molar-refractivity contribution in [3.05, 3.63) is 51.6 Å². The minimum Gasteiger partial charge on any atom is -0.507 e. The Bertz CT molecular complexity index is 1240. The van der Waals surface area contributed by atoms with Crippen LogP contribution in [0.2, 0.25) is 0 Å². The van der Waals surface area contributed by atoms with Crippen LogP contribution >= 0.6 is 0 Å². The van der Waals surface area contributed by atoms with Gasteiger partial charge in [-0.2, -0.15) is 0 Å². The Morgan fingerprint density at radius 2 is 1.76 bits per heavy atom. The van der Waals surface area contributed by atoms with Gasteiger partial charge in [0.15, 0.2) is 12.4 Å². The first-order chi connectivity index (χ1) is 15.5. The fraction of sp³-hybridized carbons (Fsp3) is 0.304. The zero-order valence-electron chi connectivity index (χ0n) is 17.7. The number of phenolic OH excluding ortho intramolecular Hbond substituents is 2. The van der Waals surface area contributed by atoms with Crippen LogP contribution in [-0.4, -0.2) is 63.1 Å². The van der Waals surface area contributed by atoms with Gasteiger partial charge in [-0.05, 0) is 6.07 Å². The zero-order valence-corrected chi connectivity index (χ0v) is 17.7. The first kappa shape index (κ1) is 22.4. The third-order valence-electron chi connectivity index (χ3n) is 6.02. The first-order valence-electron chi connectivity index (χ1n) is 9.96. The van der Waals surface area contributed by atoms with Gasteiger partial charge >= 0.3 is 5.97 Å². The van der Waals surface area contributed by atoms with Crippen LogP contribution in [0.15, 0.2) is 18.2 Å². The van der Waals surface area contributed by atoms with Gasteiger partial charge in [0.2, 0.25) is 11.6 Å². The molecule has 0 heterocycles. The summed E-state index contributed by atoms with van der Waals surface area (Å²) >= 11 is 0. The average Bonchev–Trinajstić information content (AvgIpc) is 2.76. The molecule has 10 nitrogen and oxygen atoms in total. The second kappa shape index (κ2) is 7.68. The highest BCUT2D eigenvalue weighted by molar-refractivity contribution is 6.31. The number of carbonyl (C=O) groups excluding carboxylic acids is 4. The summed E-state index contributed by atoms with van der Waals surface area (Å²) in [5.74, 6) is -4.61. The lowest BCUT2D eigenvalue weighted by molar-refractivity contribution is -0.155. The molecule has 0 amide bonds. The van der Waals surface area contributed by atoms with Crippen LogP contribution in [0, 0.1) is 0 Å². The number of carbonyl (C=O) groups is 4. The maximum atomic E-state index is 13.2. The molecule has 10 heteroatoms. The van der Waals surface area contributed by atoms with Crippen LogP contribution in [0.5, 0.6) is 17.2 Å². The van der Waals surface area contributed by atoms with E-state index in [-0.39, 0.29) is 28.0 Å². The van der Waals surface area contributed by atoms with Crippen LogP contribution in [-0.2, 0) is 20.7 Å². The van der Waals surface area contributed by atoms with Crippen molar-refractivity contribution in [2.24, 2.45) is 0 Å². The highest BCUT2D eigenvalue weighted by Crippen LogP contribution is 2.50. The number of ether oxygens (including phenoxy) is 2. The molecule has 2 aliphatic rings. The minimum absolute atomic E-state index is 0.0564. The van der Waals surface area contributed by atoms with Crippen molar-refractivity contribution in [2.45, 2.75) is 31.5 Å². The van der Waals surface area contributed by atoms with Crippen molar-refractivity contribution in [3.63, 3.8) is 0 Å². The number of esters is 1. The van der Waals surface area contributed by atoms with E-state index in [1.165, 1.54) is 25.3 Å². The second-order valence-electron chi connectivity index (χ2n) is 8.01. The Labute approximate surface area is 187 Å². The molecule has 2 aromatic carbocycles. The summed E-state index contributed by atoms with van der Waals surface area (Å²) < 4.78 is 9.80. The molecule has 2 atom stereocenters. The predicted octanol–water partition coefficient (Wildman–Crippen LogP) is 0.725. The van der Waals surface area contributed by atoms with Gasteiger partial charge in [-0.3, -0.25) is 19.2 Å². The maximum Gasteiger partial charge on any atom is 0.303 e. The van der Waals surface area contributed by atoms with Crippen molar-refractivity contribution in [2.75, 3.05) is 13.7 Å². The average molecular weight is 456 g/mol. The van der Waals surface area contributed by atoms with Crippen molar-refractivity contribution in [3.8, 4) is 17.2 Å². The predicted molar refractivity (Wildman–Crippen MR) is 110 cm³/mol. The van der Waals surface area contributed by atoms with Gasteiger partial charge in [0, 0.05) is 36.5 Å². The third-order valence-corrected chi connectivity index (χ3v) is 6.02. The van der Waals surface area contributed by atoms with Crippen LogP contribution in [0.4, 0.5) is 0 Å². The van der Waals surface area contributed by atoms with Gasteiger partial charge in [0.1, 0.15) is 22.8 Å². The summed E-state index contributed by atoms with van der Waals surface area (Å²) in [6.07, 6.45) is -2.84. The highest BCUT2D eigenvalue weighted by Gasteiger charge is 2.48. The van der Waals surface area contributed by atoms with E-state index in [1.807, 2.05) is 0 Å². The number of fused-ring (bicyclic) bond motifs is 3. The molecule has 0 spiro atoms. The molecule has 172 valence electrons. The fourth-order valence-electron chi connectivity index (χ4n) is 4.46. The molecule has 33 heavy (non-hydrogen) atoms. The number of ketones is 3. The van der Waals surface area contributed by atoms with Gasteiger partial charge in [-0.15, -0.1) is 0 Å². The summed E-state index contributed by atoms with van der Waals surface area (Å²) in [6, 6.07) is 4.32. The number of hydrogen-bond donors (Lipinski definition) is 4. The first-order valence-corrected chi connectivity index (χ1v) is 9.96. The Kier molecular flexibility index (Phi) is 5.22. The molecular formula is C23H20O10. The number of benzene rings is 2. The minimum atomic E-state index is -2.25. The van der Waals surface area contributed by atoms with Crippen molar-refractivity contribution < 1.29 is 49.1 Å². The summed E-state index contributed by atoms with van der Waals surface area (Å²) in [5, 5.41) is 43.4. The molecule has 4 N–H and O–H groups in total. The number of aliphatic hydroxyl groups excluding tert-OH is 1. The van der Waals surface area contributed by atoms with Gasteiger partial charge in [-0.25, -0.2) is 0 Å². The smallest absolute Gasteiger partial charge is 0.303 e. The normalized spacial score (nSPS) is 21.0. The third kappa shape index (κ3) is 3.26. The van der Waals surface area contributed by atoms with Gasteiger partial charge in [0.05, 0.1) is 29.9 Å². The summed E-state index contributed by atoms with van der Waals surface area (Å²) in [5.41, 5.74) is -3.91. The molecule has 0 aliphatic heterocycles. The van der Waals surface area contributed by atoms with Crippen LogP contribution < -0.4 is 4.74 Å². The second-order valence-corrected chi connectivity index (χ2v) is 8.01. The summed E-state index contributed by atoms with van der Waals surface area (Å²) in [6.45, 7) is 0.310. The van der Waals surface area contributed by atoms with Crippen LogP contribution in [0.1, 0.15) is 62.4 Å². The standard InChI is InChI=1S/C23H20O10/c1-9(24)33-8-14(26)23(31)6-11-15(12(25)7-23)21(29)18-17(20(11)28)19(27)10-4-3-5-13(32-2)16(10)22(18)30/h3-5,12,25,28-29,31H,6-8H2,1-2H3/t12-,23-/m1/s1. The van der Waals surface area contributed by atoms with Crippen LogP contribution in [0.25, 0.3) is 0 Å². The molecule has 2 aliphatic carbocycles. The Hall–Kier alpha value is -3.76. The van der Waals surface area contributed by atoms with E-state index in [0.29, 0.717) is 0 Å². The molecule has 4 rings (SSSR count). The molecule has 0 radical (unpaired) electrons. The van der Waals surface area contributed by atoms with Gasteiger partial charge < -0.3 is 29.9 Å². The highest BCUT2D eigenvalue weighted by atomic mass is 16.5. The van der Waals surface area contributed by atoms with E-state index in [0.717, 1.165) is 6.92 Å². The molecule has 2 aromatic rings. The Balaban J connectivity index is 1.89. The number of methoxy groups -OCH3 is 1. The summed E-state index contributed by atoms with van der Waals surface area (Å²) in [4.78, 5) is 50.0. The number of Topliss-reactive ketones (excluding diaryl/α,β-unsaturated/α-hetero) is 1. The molecule has 0 bridgehead atoms. The van der Waals surface area contributed by atoms with E-state index in [4.69, 9.17) is 4.74 Å². The number of aliphatic hydroxyl groups is 2. The lowest BCUT2D eigenvalue weighted by Gasteiger charge is -2.37. The quantitative estimate of drug-likeness (QED) is 0.324. The van der Waals surface area contributed by atoms with E-state index < -0.39 is 77.1 Å². The van der Waals surface area contributed by atoms with Crippen molar-refractivity contribution in [1.29, 1.82) is 0 Å². The molecule has 0 fully saturated rings. The van der Waals surface area contributed by atoms with Crippen molar-refractivity contribution in [1.82, 2.24) is 0 Å². The van der Waals surface area contributed by atoms with E-state index in [1.54, 1.807) is 0 Å². The van der Waals surface area contributed by atoms with Gasteiger partial charge in [0.25, 0.3) is 0 Å². The topological polar surface area (TPSA) is 168 Å². The largest absolute Gasteiger partial charge is 0.507 e. The van der Waals surface area contributed by atoms with Crippen molar-refractivity contribution >= 4 is 23.3 Å². The molecular weight excluding hydrogens is 436 g/mol. The molecule has 0 aromatic heterocycles. The number of phenols is 2. The summed E-state index contributed by atoms with van der Waals surface area (Å²) in [7, 11) is 1.31. The van der Waals surface area contributed by atoms with Gasteiger partial charge in [-0.1, -0.05) is 12.1 Å². The lowest BCUT2D eigenvalue weighted by atomic mass is 9.72. The monoisotopic (exact) mass is 456 g/mol. The Morgan fingerprint density at radius 3 is 2.39 bits per heavy atom. The number of aromatic hydroxyl groups is 2. The van der Waals surface area contributed by atoms with E-state index in [9.17, 15) is 39.6 Å². The zero-order chi connectivity index (χ0) is 24.2. The van der Waals surface area contributed by atoms with Crippen LogP contribution in [0.3, 0.4) is 0 Å². The SMILES string of the molecule is COc1cccc2c1C(=O)c1c(O)c3c(c(O)c1C2=O)C[C@](O)(C(=O)COC(C)=O)C[C@H]3O. The number of rotatable bonds is 4. The molecule has 0 unspecified atom stereocenters.